The molecule has 0 aromatic heterocycles. The van der Waals surface area contributed by atoms with Crippen LogP contribution in [0, 0.1) is 0 Å². The third-order valence-electron chi connectivity index (χ3n) is 5.10. The molecule has 29 heavy (non-hydrogen) atoms. The summed E-state index contributed by atoms with van der Waals surface area (Å²) >= 11 is 0. The molecule has 0 aliphatic carbocycles. The predicted molar refractivity (Wildman–Crippen MR) is 120 cm³/mol. The van der Waals surface area contributed by atoms with Crippen molar-refractivity contribution in [3.05, 3.63) is 35.4 Å². The van der Waals surface area contributed by atoms with Gasteiger partial charge in [-0.1, -0.05) is 37.1 Å². The van der Waals surface area contributed by atoms with E-state index >= 15 is 0 Å². The van der Waals surface area contributed by atoms with Crippen molar-refractivity contribution in [2.24, 2.45) is 4.99 Å². The van der Waals surface area contributed by atoms with Gasteiger partial charge >= 0.3 is 0 Å². The van der Waals surface area contributed by atoms with Crippen LogP contribution in [-0.2, 0) is 22.3 Å². The summed E-state index contributed by atoms with van der Waals surface area (Å²) in [6.07, 6.45) is 6.52. The minimum absolute atomic E-state index is 0.00569. The zero-order valence-corrected chi connectivity index (χ0v) is 18.7. The fraction of sp³-hybridized carbons (Fsp3) is 0.667. The second kappa shape index (κ2) is 12.8. The summed E-state index contributed by atoms with van der Waals surface area (Å²) in [7, 11) is -1.81. The Morgan fingerprint density at radius 3 is 2.31 bits per heavy atom. The molecule has 1 aromatic rings. The average molecular weight is 424 g/mol. The van der Waals surface area contributed by atoms with E-state index in [0.717, 1.165) is 43.1 Å². The quantitative estimate of drug-likeness (QED) is 0.305. The molecule has 1 heterocycles. The van der Waals surface area contributed by atoms with Crippen LogP contribution in [0.25, 0.3) is 0 Å². The number of nitrogens with zero attached hydrogens (tertiary/aromatic N) is 2. The first-order valence-corrected chi connectivity index (χ1v) is 12.4. The summed E-state index contributed by atoms with van der Waals surface area (Å²) < 4.78 is 25.6. The van der Waals surface area contributed by atoms with Crippen LogP contribution in [0.5, 0.6) is 0 Å². The number of hydrogen-bond acceptors (Lipinski definition) is 4. The molecular weight excluding hydrogens is 386 g/mol. The Morgan fingerprint density at radius 1 is 1.03 bits per heavy atom. The van der Waals surface area contributed by atoms with Crippen molar-refractivity contribution in [1.82, 2.24) is 20.3 Å². The van der Waals surface area contributed by atoms with Crippen molar-refractivity contribution in [3.8, 4) is 0 Å². The molecule has 1 aliphatic heterocycles. The van der Waals surface area contributed by atoms with E-state index in [1.54, 1.807) is 0 Å². The minimum atomic E-state index is -3.24. The monoisotopic (exact) mass is 423 g/mol. The van der Waals surface area contributed by atoms with Crippen molar-refractivity contribution < 1.29 is 8.42 Å². The fourth-order valence-electron chi connectivity index (χ4n) is 3.41. The largest absolute Gasteiger partial charge is 0.357 e. The molecule has 1 fully saturated rings. The lowest BCUT2D eigenvalue weighted by Crippen LogP contribution is -2.39. The van der Waals surface area contributed by atoms with Gasteiger partial charge in [-0.05, 0) is 64.0 Å². The van der Waals surface area contributed by atoms with Crippen molar-refractivity contribution >= 4 is 16.0 Å². The molecule has 0 bridgehead atoms. The lowest BCUT2D eigenvalue weighted by atomic mass is 10.1. The molecule has 7 nitrogen and oxygen atoms in total. The van der Waals surface area contributed by atoms with Gasteiger partial charge in [0.2, 0.25) is 10.0 Å². The first-order chi connectivity index (χ1) is 14.0. The molecule has 164 valence electrons. The van der Waals surface area contributed by atoms with Crippen LogP contribution in [0.4, 0.5) is 0 Å². The number of aliphatic imine (C=N–C) groups is 1. The maximum Gasteiger partial charge on any atom is 0.215 e. The Morgan fingerprint density at radius 2 is 1.69 bits per heavy atom. The maximum atomic E-state index is 11.6. The number of rotatable bonds is 10. The van der Waals surface area contributed by atoms with E-state index < -0.39 is 10.0 Å². The number of sulfonamides is 1. The normalized spacial score (nSPS) is 16.4. The van der Waals surface area contributed by atoms with Gasteiger partial charge in [0.05, 0.1) is 12.3 Å². The van der Waals surface area contributed by atoms with Crippen LogP contribution in [0.1, 0.15) is 50.2 Å². The Hall–Kier alpha value is -1.64. The van der Waals surface area contributed by atoms with Crippen LogP contribution in [0.3, 0.4) is 0 Å². The highest BCUT2D eigenvalue weighted by molar-refractivity contribution is 7.88. The van der Waals surface area contributed by atoms with Gasteiger partial charge in [-0.15, -0.1) is 0 Å². The third-order valence-corrected chi connectivity index (χ3v) is 6.43. The van der Waals surface area contributed by atoms with Crippen LogP contribution >= 0.6 is 0 Å². The highest BCUT2D eigenvalue weighted by atomic mass is 32.2. The first-order valence-electron chi connectivity index (χ1n) is 10.8. The smallest absolute Gasteiger partial charge is 0.215 e. The molecule has 0 spiro atoms. The Bertz CT molecular complexity index is 711. The molecule has 1 aliphatic rings. The van der Waals surface area contributed by atoms with Gasteiger partial charge < -0.3 is 15.5 Å². The summed E-state index contributed by atoms with van der Waals surface area (Å²) in [4.78, 5) is 7.23. The lowest BCUT2D eigenvalue weighted by Gasteiger charge is -2.20. The molecular formula is C21H37N5O2S. The van der Waals surface area contributed by atoms with E-state index in [1.165, 1.54) is 45.8 Å². The lowest BCUT2D eigenvalue weighted by molar-refractivity contribution is 0.282. The Balaban J connectivity index is 1.78. The molecule has 1 saturated heterocycles. The maximum absolute atomic E-state index is 11.6. The van der Waals surface area contributed by atoms with E-state index in [9.17, 15) is 8.42 Å². The number of hydrogen-bond donors (Lipinski definition) is 3. The summed E-state index contributed by atoms with van der Waals surface area (Å²) in [5.74, 6) is 0.819. The highest BCUT2D eigenvalue weighted by Gasteiger charge is 2.09. The first kappa shape index (κ1) is 23.6. The molecule has 8 heteroatoms. The molecule has 0 radical (unpaired) electrons. The van der Waals surface area contributed by atoms with Crippen LogP contribution in [0.15, 0.2) is 29.3 Å². The molecule has 0 saturated carbocycles. The van der Waals surface area contributed by atoms with Crippen molar-refractivity contribution in [2.75, 3.05) is 39.8 Å². The summed E-state index contributed by atoms with van der Waals surface area (Å²) in [6, 6.07) is 7.57. The van der Waals surface area contributed by atoms with Crippen LogP contribution < -0.4 is 15.4 Å². The van der Waals surface area contributed by atoms with E-state index in [0.29, 0.717) is 6.54 Å². The fourth-order valence-corrected chi connectivity index (χ4v) is 4.19. The van der Waals surface area contributed by atoms with Crippen molar-refractivity contribution in [2.45, 2.75) is 51.3 Å². The van der Waals surface area contributed by atoms with Gasteiger partial charge in [0.25, 0.3) is 0 Å². The molecule has 1 aromatic carbocycles. The number of guanidine groups is 1. The van der Waals surface area contributed by atoms with Gasteiger partial charge in [-0.25, -0.2) is 18.1 Å². The second-order valence-corrected chi connectivity index (χ2v) is 9.44. The van der Waals surface area contributed by atoms with Crippen LogP contribution in [-0.4, -0.2) is 59.0 Å². The third kappa shape index (κ3) is 9.60. The predicted octanol–water partition coefficient (Wildman–Crippen LogP) is 2.06. The average Bonchev–Trinajstić information content (AvgIpc) is 2.99. The van der Waals surface area contributed by atoms with Gasteiger partial charge in [0.15, 0.2) is 5.96 Å². The molecule has 3 N–H and O–H groups in total. The molecule has 2 rings (SSSR count). The highest BCUT2D eigenvalue weighted by Crippen LogP contribution is 2.10. The van der Waals surface area contributed by atoms with E-state index in [4.69, 9.17) is 0 Å². The zero-order valence-electron chi connectivity index (χ0n) is 17.9. The minimum Gasteiger partial charge on any atom is -0.357 e. The molecule has 0 atom stereocenters. The number of benzene rings is 1. The van der Waals surface area contributed by atoms with Crippen LogP contribution in [0.2, 0.25) is 0 Å². The number of likely N-dealkylation sites (tertiary alicyclic amines) is 1. The van der Waals surface area contributed by atoms with Gasteiger partial charge in [-0.2, -0.15) is 0 Å². The molecule has 0 amide bonds. The van der Waals surface area contributed by atoms with E-state index in [-0.39, 0.29) is 5.75 Å². The van der Waals surface area contributed by atoms with Gasteiger partial charge in [0, 0.05) is 13.1 Å². The van der Waals surface area contributed by atoms with Gasteiger partial charge in [0.1, 0.15) is 0 Å². The van der Waals surface area contributed by atoms with Crippen molar-refractivity contribution in [3.63, 3.8) is 0 Å². The summed E-state index contributed by atoms with van der Waals surface area (Å²) in [6.45, 7) is 7.96. The summed E-state index contributed by atoms with van der Waals surface area (Å²) in [5.41, 5.74) is 1.82. The standard InChI is InChI=1S/C21H37N5O2S/c1-3-23-21(24-13-8-16-26-14-6-4-5-7-15-26)25-17-19-9-11-20(12-10-19)18-29(27,28)22-2/h9-12,22H,3-8,13-18H2,1-2H3,(H2,23,24,25). The second-order valence-electron chi connectivity index (χ2n) is 7.51. The van der Waals surface area contributed by atoms with Gasteiger partial charge in [-0.3, -0.25) is 0 Å². The summed E-state index contributed by atoms with van der Waals surface area (Å²) in [5, 5.41) is 6.71. The van der Waals surface area contributed by atoms with E-state index in [2.05, 4.69) is 32.2 Å². The van der Waals surface area contributed by atoms with E-state index in [1.807, 2.05) is 24.3 Å². The number of nitrogens with one attached hydrogen (secondary N) is 3. The van der Waals surface area contributed by atoms with Crippen molar-refractivity contribution in [1.29, 1.82) is 0 Å². The Labute approximate surface area is 176 Å². The zero-order chi connectivity index (χ0) is 21.0. The molecule has 0 unspecified atom stereocenters. The Kier molecular flexibility index (Phi) is 10.5. The SMILES string of the molecule is CCNC(=NCc1ccc(CS(=O)(=O)NC)cc1)NCCCN1CCCCCC1. The topological polar surface area (TPSA) is 85.8 Å².